The third kappa shape index (κ3) is 3.13. The molecule has 1 amide bonds. The largest absolute Gasteiger partial charge is 0.397 e. The fraction of sp³-hybridized carbons (Fsp3) is 0.214. The maximum Gasteiger partial charge on any atom is 0.268 e. The van der Waals surface area contributed by atoms with Crippen molar-refractivity contribution >= 4 is 11.6 Å². The Morgan fingerprint density at radius 2 is 2.21 bits per heavy atom. The Labute approximate surface area is 111 Å². The van der Waals surface area contributed by atoms with Gasteiger partial charge in [-0.3, -0.25) is 4.79 Å². The molecule has 1 aromatic carbocycles. The van der Waals surface area contributed by atoms with E-state index in [0.717, 1.165) is 5.56 Å². The fourth-order valence-electron chi connectivity index (χ4n) is 1.90. The van der Waals surface area contributed by atoms with Crippen molar-refractivity contribution in [3.63, 3.8) is 0 Å². The molecule has 2 rings (SSSR count). The molecule has 1 heterocycles. The van der Waals surface area contributed by atoms with Gasteiger partial charge in [0.1, 0.15) is 11.5 Å². The van der Waals surface area contributed by atoms with Gasteiger partial charge >= 0.3 is 0 Å². The van der Waals surface area contributed by atoms with Crippen LogP contribution in [0, 0.1) is 5.82 Å². The van der Waals surface area contributed by atoms with Gasteiger partial charge in [0.15, 0.2) is 0 Å². The van der Waals surface area contributed by atoms with Crippen LogP contribution < -0.4 is 11.1 Å². The van der Waals surface area contributed by atoms with E-state index in [9.17, 15) is 9.18 Å². The summed E-state index contributed by atoms with van der Waals surface area (Å²) in [7, 11) is 0. The molecule has 0 unspecified atom stereocenters. The van der Waals surface area contributed by atoms with Crippen molar-refractivity contribution in [3.05, 3.63) is 53.6 Å². The number of amides is 1. The van der Waals surface area contributed by atoms with Gasteiger partial charge in [-0.15, -0.1) is 0 Å². The number of rotatable bonds is 4. The smallest absolute Gasteiger partial charge is 0.268 e. The number of halogens is 1. The molecule has 0 bridgehead atoms. The molecule has 0 radical (unpaired) electrons. The van der Waals surface area contributed by atoms with Crippen LogP contribution in [0.25, 0.3) is 0 Å². The average Bonchev–Trinajstić information content (AvgIpc) is 2.77. The SMILES string of the molecule is CCn1cc(N)cc1C(=O)NCc1cccc(F)c1. The lowest BCUT2D eigenvalue weighted by atomic mass is 10.2. The first kappa shape index (κ1) is 13.1. The van der Waals surface area contributed by atoms with E-state index in [1.165, 1.54) is 12.1 Å². The molecule has 0 fully saturated rings. The Morgan fingerprint density at radius 1 is 1.42 bits per heavy atom. The van der Waals surface area contributed by atoms with Gasteiger partial charge in [-0.2, -0.15) is 0 Å². The van der Waals surface area contributed by atoms with Crippen LogP contribution in [0.5, 0.6) is 0 Å². The van der Waals surface area contributed by atoms with Gasteiger partial charge in [0.05, 0.1) is 5.69 Å². The number of benzene rings is 1. The molecule has 1 aromatic heterocycles. The first-order valence-corrected chi connectivity index (χ1v) is 6.08. The van der Waals surface area contributed by atoms with E-state index in [-0.39, 0.29) is 18.3 Å². The zero-order valence-corrected chi connectivity index (χ0v) is 10.7. The molecule has 5 heteroatoms. The predicted molar refractivity (Wildman–Crippen MR) is 72.1 cm³/mol. The van der Waals surface area contributed by atoms with Gasteiger partial charge < -0.3 is 15.6 Å². The van der Waals surface area contributed by atoms with Crippen LogP contribution >= 0.6 is 0 Å². The first-order valence-electron chi connectivity index (χ1n) is 6.08. The van der Waals surface area contributed by atoms with Crippen molar-refractivity contribution in [2.24, 2.45) is 0 Å². The molecule has 2 aromatic rings. The van der Waals surface area contributed by atoms with Gasteiger partial charge in [-0.25, -0.2) is 4.39 Å². The van der Waals surface area contributed by atoms with Crippen molar-refractivity contribution in [2.45, 2.75) is 20.0 Å². The van der Waals surface area contributed by atoms with Crippen LogP contribution in [0.1, 0.15) is 23.0 Å². The number of nitrogens with one attached hydrogen (secondary N) is 1. The molecule has 0 atom stereocenters. The summed E-state index contributed by atoms with van der Waals surface area (Å²) in [4.78, 5) is 12.0. The molecule has 0 aliphatic carbocycles. The third-order valence-corrected chi connectivity index (χ3v) is 2.83. The highest BCUT2D eigenvalue weighted by Crippen LogP contribution is 2.11. The number of nitrogens with zero attached hydrogens (tertiary/aromatic N) is 1. The third-order valence-electron chi connectivity index (χ3n) is 2.83. The van der Waals surface area contributed by atoms with Gasteiger partial charge in [0, 0.05) is 19.3 Å². The van der Waals surface area contributed by atoms with Gasteiger partial charge in [-0.05, 0) is 30.7 Å². The number of hydrogen-bond acceptors (Lipinski definition) is 2. The zero-order chi connectivity index (χ0) is 13.8. The lowest BCUT2D eigenvalue weighted by molar-refractivity contribution is 0.0941. The Bertz CT molecular complexity index is 592. The fourth-order valence-corrected chi connectivity index (χ4v) is 1.90. The second-order valence-electron chi connectivity index (χ2n) is 4.26. The summed E-state index contributed by atoms with van der Waals surface area (Å²) >= 11 is 0. The van der Waals surface area contributed by atoms with Crippen molar-refractivity contribution in [1.82, 2.24) is 9.88 Å². The minimum absolute atomic E-state index is 0.220. The molecule has 4 nitrogen and oxygen atoms in total. The van der Waals surface area contributed by atoms with E-state index in [0.29, 0.717) is 17.9 Å². The molecule has 0 aliphatic heterocycles. The Balaban J connectivity index is 2.05. The minimum Gasteiger partial charge on any atom is -0.397 e. The molecular weight excluding hydrogens is 245 g/mol. The van der Waals surface area contributed by atoms with Crippen LogP contribution in [0.2, 0.25) is 0 Å². The minimum atomic E-state index is -0.312. The number of nitrogen functional groups attached to an aromatic ring is 1. The number of carbonyl (C=O) groups excluding carboxylic acids is 1. The van der Waals surface area contributed by atoms with Gasteiger partial charge in [-0.1, -0.05) is 12.1 Å². The van der Waals surface area contributed by atoms with E-state index >= 15 is 0 Å². The highest BCUT2D eigenvalue weighted by molar-refractivity contribution is 5.93. The molecule has 0 saturated heterocycles. The number of hydrogen-bond donors (Lipinski definition) is 2. The second kappa shape index (κ2) is 5.56. The van der Waals surface area contributed by atoms with Crippen LogP contribution in [-0.4, -0.2) is 10.5 Å². The summed E-state index contributed by atoms with van der Waals surface area (Å²) in [6, 6.07) is 7.77. The summed E-state index contributed by atoms with van der Waals surface area (Å²) in [6.07, 6.45) is 1.72. The van der Waals surface area contributed by atoms with E-state index in [1.807, 2.05) is 6.92 Å². The van der Waals surface area contributed by atoms with Crippen molar-refractivity contribution in [1.29, 1.82) is 0 Å². The predicted octanol–water partition coefficient (Wildman–Crippen LogP) is 2.16. The summed E-state index contributed by atoms with van der Waals surface area (Å²) in [6.45, 7) is 2.88. The van der Waals surface area contributed by atoms with Gasteiger partial charge in [0.25, 0.3) is 5.91 Å². The maximum absolute atomic E-state index is 13.0. The zero-order valence-electron chi connectivity index (χ0n) is 10.7. The van der Waals surface area contributed by atoms with Gasteiger partial charge in [0.2, 0.25) is 0 Å². The monoisotopic (exact) mass is 261 g/mol. The van der Waals surface area contributed by atoms with E-state index in [1.54, 1.807) is 29.0 Å². The molecule has 100 valence electrons. The van der Waals surface area contributed by atoms with E-state index < -0.39 is 0 Å². The Kier molecular flexibility index (Phi) is 3.85. The number of nitrogens with two attached hydrogens (primary N) is 1. The molecule has 19 heavy (non-hydrogen) atoms. The van der Waals surface area contributed by atoms with Crippen LogP contribution in [0.4, 0.5) is 10.1 Å². The highest BCUT2D eigenvalue weighted by atomic mass is 19.1. The number of aromatic nitrogens is 1. The van der Waals surface area contributed by atoms with Crippen molar-refractivity contribution in [3.8, 4) is 0 Å². The summed E-state index contributed by atoms with van der Waals surface area (Å²) in [5.41, 5.74) is 7.45. The van der Waals surface area contributed by atoms with Crippen LogP contribution in [0.15, 0.2) is 36.5 Å². The molecule has 0 saturated carbocycles. The lowest BCUT2D eigenvalue weighted by Crippen LogP contribution is -2.25. The van der Waals surface area contributed by atoms with Crippen LogP contribution in [0.3, 0.4) is 0 Å². The quantitative estimate of drug-likeness (QED) is 0.886. The normalized spacial score (nSPS) is 10.4. The number of carbonyl (C=O) groups is 1. The van der Waals surface area contributed by atoms with Crippen molar-refractivity contribution < 1.29 is 9.18 Å². The second-order valence-corrected chi connectivity index (χ2v) is 4.26. The number of anilines is 1. The average molecular weight is 261 g/mol. The molecule has 0 spiro atoms. The maximum atomic E-state index is 13.0. The summed E-state index contributed by atoms with van der Waals surface area (Å²) in [5.74, 6) is -0.532. The Hall–Kier alpha value is -2.30. The molecule has 0 aliphatic rings. The van der Waals surface area contributed by atoms with E-state index in [4.69, 9.17) is 5.73 Å². The Morgan fingerprint density at radius 3 is 2.89 bits per heavy atom. The molecular formula is C14H16FN3O. The topological polar surface area (TPSA) is 60.0 Å². The summed E-state index contributed by atoms with van der Waals surface area (Å²) < 4.78 is 14.8. The standard InChI is InChI=1S/C14H16FN3O/c1-2-18-9-12(16)7-13(18)14(19)17-8-10-4-3-5-11(15)6-10/h3-7,9H,2,8,16H2,1H3,(H,17,19). The number of aryl methyl sites for hydroxylation is 1. The molecule has 3 N–H and O–H groups in total. The lowest BCUT2D eigenvalue weighted by Gasteiger charge is -2.07. The highest BCUT2D eigenvalue weighted by Gasteiger charge is 2.11. The van der Waals surface area contributed by atoms with Crippen molar-refractivity contribution in [2.75, 3.05) is 5.73 Å². The summed E-state index contributed by atoms with van der Waals surface area (Å²) in [5, 5.41) is 2.75. The first-order chi connectivity index (χ1) is 9.10. The van der Waals surface area contributed by atoms with Crippen LogP contribution in [-0.2, 0) is 13.1 Å². The van der Waals surface area contributed by atoms with E-state index in [2.05, 4.69) is 5.32 Å².